The van der Waals surface area contributed by atoms with Crippen LogP contribution in [0.3, 0.4) is 0 Å². The number of ether oxygens (including phenoxy) is 2. The van der Waals surface area contributed by atoms with Gasteiger partial charge < -0.3 is 14.0 Å². The first kappa shape index (κ1) is 16.0. The van der Waals surface area contributed by atoms with Gasteiger partial charge in [-0.3, -0.25) is 0 Å². The van der Waals surface area contributed by atoms with Gasteiger partial charge in [0, 0.05) is 19.3 Å². The van der Waals surface area contributed by atoms with Gasteiger partial charge in [-0.2, -0.15) is 0 Å². The van der Waals surface area contributed by atoms with Gasteiger partial charge in [-0.1, -0.05) is 0 Å². The first-order chi connectivity index (χ1) is 9.91. The number of aryl methyl sites for hydroxylation is 1. The first-order valence-electron chi connectivity index (χ1n) is 6.93. The summed E-state index contributed by atoms with van der Waals surface area (Å²) in [4.78, 5) is 12.0. The Morgan fingerprint density at radius 2 is 2.29 bits per heavy atom. The van der Waals surface area contributed by atoms with E-state index < -0.39 is 16.0 Å². The summed E-state index contributed by atoms with van der Waals surface area (Å²) in [6, 6.07) is 1.24. The van der Waals surface area contributed by atoms with Crippen LogP contribution in [0.5, 0.6) is 0 Å². The number of nitrogens with two attached hydrogens (primary N) is 1. The van der Waals surface area contributed by atoms with Crippen LogP contribution in [0, 0.1) is 0 Å². The van der Waals surface area contributed by atoms with Gasteiger partial charge in [-0.15, -0.1) is 0 Å². The van der Waals surface area contributed by atoms with E-state index in [1.54, 1.807) is 6.92 Å². The molecule has 1 aromatic heterocycles. The monoisotopic (exact) mass is 316 g/mol. The van der Waals surface area contributed by atoms with Crippen LogP contribution >= 0.6 is 0 Å². The summed E-state index contributed by atoms with van der Waals surface area (Å²) >= 11 is 0. The number of sulfonamides is 1. The molecule has 0 aliphatic carbocycles. The minimum absolute atomic E-state index is 0.0783. The summed E-state index contributed by atoms with van der Waals surface area (Å²) < 4.78 is 34.9. The summed E-state index contributed by atoms with van der Waals surface area (Å²) in [5.74, 6) is -0.569. The van der Waals surface area contributed by atoms with Crippen LogP contribution in [0.25, 0.3) is 0 Å². The topological polar surface area (TPSA) is 101 Å². The van der Waals surface area contributed by atoms with Crippen LogP contribution in [0.1, 0.15) is 36.7 Å². The van der Waals surface area contributed by atoms with Gasteiger partial charge >= 0.3 is 5.97 Å². The molecule has 8 heteroatoms. The molecule has 118 valence electrons. The Labute approximate surface area is 124 Å². The molecule has 1 fully saturated rings. The Bertz CT molecular complexity index is 602. The Morgan fingerprint density at radius 1 is 1.52 bits per heavy atom. The second-order valence-electron chi connectivity index (χ2n) is 4.98. The molecule has 1 aromatic rings. The molecule has 2 heterocycles. The fourth-order valence-electron chi connectivity index (χ4n) is 2.25. The maximum Gasteiger partial charge on any atom is 0.355 e. The number of carbonyl (C=O) groups excluding carboxylic acids is 1. The van der Waals surface area contributed by atoms with Crippen molar-refractivity contribution in [2.24, 2.45) is 5.14 Å². The summed E-state index contributed by atoms with van der Waals surface area (Å²) in [7, 11) is -3.84. The summed E-state index contributed by atoms with van der Waals surface area (Å²) in [5.41, 5.74) is 0.178. The highest BCUT2D eigenvalue weighted by Gasteiger charge is 2.21. The summed E-state index contributed by atoms with van der Waals surface area (Å²) in [6.45, 7) is 3.11. The van der Waals surface area contributed by atoms with E-state index in [-0.39, 0.29) is 23.3 Å². The van der Waals surface area contributed by atoms with E-state index >= 15 is 0 Å². The Morgan fingerprint density at radius 3 is 2.86 bits per heavy atom. The maximum atomic E-state index is 12.1. The number of nitrogens with zero attached hydrogens (tertiary/aromatic N) is 1. The molecule has 1 saturated heterocycles. The molecule has 1 unspecified atom stereocenters. The van der Waals surface area contributed by atoms with Crippen molar-refractivity contribution in [2.75, 3.05) is 13.2 Å². The lowest BCUT2D eigenvalue weighted by Crippen LogP contribution is -2.26. The number of rotatable bonds is 5. The zero-order chi connectivity index (χ0) is 15.5. The van der Waals surface area contributed by atoms with Crippen LogP contribution in [0.2, 0.25) is 0 Å². The Balaban J connectivity index is 2.05. The molecule has 0 aromatic carbocycles. The van der Waals surface area contributed by atoms with E-state index in [0.717, 1.165) is 19.3 Å². The van der Waals surface area contributed by atoms with Crippen molar-refractivity contribution < 1.29 is 22.7 Å². The van der Waals surface area contributed by atoms with E-state index in [1.807, 2.05) is 0 Å². The van der Waals surface area contributed by atoms with Gasteiger partial charge in [0.1, 0.15) is 17.2 Å². The number of hydrogen-bond donors (Lipinski definition) is 1. The number of hydrogen-bond acceptors (Lipinski definition) is 5. The highest BCUT2D eigenvalue weighted by Crippen LogP contribution is 2.16. The van der Waals surface area contributed by atoms with Crippen LogP contribution < -0.4 is 5.14 Å². The molecule has 0 amide bonds. The maximum absolute atomic E-state index is 12.1. The van der Waals surface area contributed by atoms with Gasteiger partial charge in [0.15, 0.2) is 0 Å². The van der Waals surface area contributed by atoms with Gasteiger partial charge in [0.05, 0.1) is 6.10 Å². The lowest BCUT2D eigenvalue weighted by Gasteiger charge is -2.22. The number of esters is 1. The van der Waals surface area contributed by atoms with Gasteiger partial charge in [-0.05, 0) is 32.3 Å². The van der Waals surface area contributed by atoms with Crippen molar-refractivity contribution in [3.8, 4) is 0 Å². The fraction of sp³-hybridized carbons (Fsp3) is 0.615. The minimum atomic E-state index is -3.84. The van der Waals surface area contributed by atoms with E-state index in [9.17, 15) is 13.2 Å². The third kappa shape index (κ3) is 4.05. The largest absolute Gasteiger partial charge is 0.458 e. The molecule has 0 saturated carbocycles. The minimum Gasteiger partial charge on any atom is -0.458 e. The predicted octanol–water partition coefficient (Wildman–Crippen LogP) is 0.881. The van der Waals surface area contributed by atoms with Crippen molar-refractivity contribution in [3.63, 3.8) is 0 Å². The molecule has 21 heavy (non-hydrogen) atoms. The smallest absolute Gasteiger partial charge is 0.355 e. The van der Waals surface area contributed by atoms with Crippen LogP contribution in [0.15, 0.2) is 17.2 Å². The average molecular weight is 316 g/mol. The van der Waals surface area contributed by atoms with Gasteiger partial charge in [0.25, 0.3) is 0 Å². The van der Waals surface area contributed by atoms with Crippen molar-refractivity contribution in [1.29, 1.82) is 0 Å². The van der Waals surface area contributed by atoms with E-state index in [0.29, 0.717) is 13.2 Å². The van der Waals surface area contributed by atoms with E-state index in [4.69, 9.17) is 14.6 Å². The van der Waals surface area contributed by atoms with Gasteiger partial charge in [-0.25, -0.2) is 18.4 Å². The number of aromatic nitrogens is 1. The second-order valence-corrected chi connectivity index (χ2v) is 6.54. The molecule has 1 aliphatic heterocycles. The normalized spacial score (nSPS) is 19.4. The molecular weight excluding hydrogens is 296 g/mol. The zero-order valence-electron chi connectivity index (χ0n) is 11.9. The average Bonchev–Trinajstić information content (AvgIpc) is 2.90. The molecule has 0 radical (unpaired) electrons. The fourth-order valence-corrected chi connectivity index (χ4v) is 2.80. The molecule has 2 rings (SSSR count). The lowest BCUT2D eigenvalue weighted by atomic mass is 10.1. The van der Waals surface area contributed by atoms with E-state index in [2.05, 4.69) is 0 Å². The van der Waals surface area contributed by atoms with Crippen molar-refractivity contribution >= 4 is 16.0 Å². The SMILES string of the molecule is CCn1cc(S(N)(=O)=O)cc1C(=O)OCC1CCCCO1. The van der Waals surface area contributed by atoms with Crippen molar-refractivity contribution in [1.82, 2.24) is 4.57 Å². The molecule has 1 atom stereocenters. The zero-order valence-corrected chi connectivity index (χ0v) is 12.8. The third-order valence-corrected chi connectivity index (χ3v) is 4.30. The summed E-state index contributed by atoms with van der Waals surface area (Å²) in [5, 5.41) is 5.07. The predicted molar refractivity (Wildman–Crippen MR) is 75.4 cm³/mol. The van der Waals surface area contributed by atoms with Crippen molar-refractivity contribution in [2.45, 2.75) is 43.7 Å². The Kier molecular flexibility index (Phi) is 5.02. The first-order valence-corrected chi connectivity index (χ1v) is 8.48. The van der Waals surface area contributed by atoms with Crippen molar-refractivity contribution in [3.05, 3.63) is 18.0 Å². The molecular formula is C13H20N2O5S. The molecule has 0 spiro atoms. The second kappa shape index (κ2) is 6.59. The highest BCUT2D eigenvalue weighted by atomic mass is 32.2. The Hall–Kier alpha value is -1.38. The summed E-state index contributed by atoms with van der Waals surface area (Å²) in [6.07, 6.45) is 4.21. The number of primary sulfonamides is 1. The van der Waals surface area contributed by atoms with E-state index in [1.165, 1.54) is 16.8 Å². The molecule has 2 N–H and O–H groups in total. The standard InChI is InChI=1S/C13H20N2O5S/c1-2-15-8-11(21(14,17)18)7-12(15)13(16)20-9-10-5-3-4-6-19-10/h7-8,10H,2-6,9H2,1H3,(H2,14,17,18). The lowest BCUT2D eigenvalue weighted by molar-refractivity contribution is -0.0304. The highest BCUT2D eigenvalue weighted by molar-refractivity contribution is 7.89. The molecule has 0 bridgehead atoms. The quantitative estimate of drug-likeness (QED) is 0.813. The molecule has 7 nitrogen and oxygen atoms in total. The third-order valence-electron chi connectivity index (χ3n) is 3.42. The van der Waals surface area contributed by atoms with Crippen LogP contribution in [0.4, 0.5) is 0 Å². The van der Waals surface area contributed by atoms with Crippen LogP contribution in [-0.2, 0) is 26.0 Å². The molecule has 1 aliphatic rings. The van der Waals surface area contributed by atoms with Gasteiger partial charge in [0.2, 0.25) is 10.0 Å². The van der Waals surface area contributed by atoms with Crippen LogP contribution in [-0.4, -0.2) is 38.3 Å². The number of carbonyl (C=O) groups is 1.